The molecule has 25 heteroatoms. The standard InChI is InChI=1S/C14H10O.C13H13NO.C12H10O2.C9H7NO.C9H11NO.2C8H6O2.3C7H5NO3/c15-9-10-5-6-14-12(7-10)8-11-3-1-2-4-13(11)14;1-14(2)13-8-7-10(9-15)11-5-3-4-6-12(11)13;1-14-12-7-6-9-4-2-3-5-10(9)11(12)8-13;11-6-7-5-10-9-4-2-1-3-8(7)9;1-10(2)9-5-3-8(7-11)4-6-9;9-5-7-1-2-8(6-10)4-3-7;9-5-7-3-1-2-4-8(7)6-10;9-5-6-1-3-7(4-2-6)8(10)11;9-5-6-2-1-3-7(4-6)8(10)11;9-5-6-3-1-2-4-7(6)8(10)11/h1-7,9H,8H2;3-9H,1-2H3;2-8H,1H3;1-6,10H;3-7H,1-2H3;2*1-6H;3*1-5H. The van der Waals surface area contributed by atoms with Gasteiger partial charge in [0.25, 0.3) is 17.1 Å². The minimum Gasteiger partial charge on any atom is -0.496 e. The van der Waals surface area contributed by atoms with Gasteiger partial charge in [0.2, 0.25) is 0 Å². The van der Waals surface area contributed by atoms with Crippen LogP contribution < -0.4 is 14.5 Å². The van der Waals surface area contributed by atoms with Crippen molar-refractivity contribution in [2.45, 2.75) is 6.42 Å². The Morgan fingerprint density at radius 1 is 0.328 bits per heavy atom. The molecular formula is C94H78N6O19. The first kappa shape index (κ1) is 91.4. The number of H-pyrrole nitrogens is 1. The first-order valence-electron chi connectivity index (χ1n) is 35.8. The highest BCUT2D eigenvalue weighted by atomic mass is 16.6. The molecule has 0 fully saturated rings. The maximum atomic E-state index is 10.9. The molecule has 1 heterocycles. The van der Waals surface area contributed by atoms with E-state index < -0.39 is 14.8 Å². The molecule has 0 amide bonds. The lowest BCUT2D eigenvalue weighted by Crippen LogP contribution is -2.09. The Hall–Kier alpha value is -16.4. The first-order valence-corrected chi connectivity index (χ1v) is 35.8. The van der Waals surface area contributed by atoms with Crippen LogP contribution in [0.2, 0.25) is 0 Å². The number of anilines is 2. The van der Waals surface area contributed by atoms with Gasteiger partial charge in [-0.15, -0.1) is 0 Å². The Balaban J connectivity index is 0.000000206. The third kappa shape index (κ3) is 27.4. The first-order chi connectivity index (χ1) is 57.6. The molecule has 0 aliphatic heterocycles. The summed E-state index contributed by atoms with van der Waals surface area (Å²) in [6, 6.07) is 82.7. The predicted octanol–water partition coefficient (Wildman–Crippen LogP) is 18.8. The number of aldehydes is 12. The number of non-ortho nitro benzene ring substituents is 2. The topological polar surface area (TPSA) is 366 Å². The van der Waals surface area contributed by atoms with E-state index in [1.54, 1.807) is 67.9 Å². The number of hydrogen-bond donors (Lipinski definition) is 1. The molecule has 25 nitrogen and oxygen atoms in total. The van der Waals surface area contributed by atoms with Gasteiger partial charge in [-0.3, -0.25) is 87.9 Å². The SMILES string of the molecule is CN(C)c1ccc(C=O)c2ccccc12.CN(C)c1ccc(C=O)cc1.COc1ccc2ccccc2c1C=O.O=Cc1c[nH]c2ccccc12.O=Cc1ccc(C=O)cc1.O=Cc1ccc([N+](=O)[O-])cc1.O=Cc1ccc2c(c1)Cc1ccccc1-2.O=Cc1cccc([N+](=O)[O-])c1.O=Cc1ccccc1C=O.O=Cc1ccccc1[N+](=O)[O-]. The van der Waals surface area contributed by atoms with Crippen LogP contribution in [0.15, 0.2) is 291 Å². The third-order valence-electron chi connectivity index (χ3n) is 17.2. The van der Waals surface area contributed by atoms with Gasteiger partial charge in [-0.25, -0.2) is 0 Å². The molecule has 1 N–H and O–H groups in total. The van der Waals surface area contributed by atoms with Gasteiger partial charge in [-0.05, 0) is 118 Å². The van der Waals surface area contributed by atoms with E-state index in [4.69, 9.17) is 4.74 Å². The Labute approximate surface area is 682 Å². The summed E-state index contributed by atoms with van der Waals surface area (Å²) in [5.74, 6) is 0.624. The summed E-state index contributed by atoms with van der Waals surface area (Å²) in [6.45, 7) is 0. The van der Waals surface area contributed by atoms with E-state index in [9.17, 15) is 87.9 Å². The lowest BCUT2D eigenvalue weighted by atomic mass is 10.0. The zero-order valence-corrected chi connectivity index (χ0v) is 64.8. The third-order valence-corrected chi connectivity index (χ3v) is 17.2. The van der Waals surface area contributed by atoms with E-state index >= 15 is 0 Å². The van der Waals surface area contributed by atoms with E-state index in [1.807, 2.05) is 173 Å². The average Bonchev–Trinajstić information content (AvgIpc) is 1.77. The molecule has 1 aromatic heterocycles. The molecule has 0 atom stereocenters. The Kier molecular flexibility index (Phi) is 37.2. The van der Waals surface area contributed by atoms with Crippen molar-refractivity contribution < 1.29 is 77.0 Å². The number of para-hydroxylation sites is 2. The monoisotopic (exact) mass is 1590 g/mol. The van der Waals surface area contributed by atoms with Crippen LogP contribution >= 0.6 is 0 Å². The summed E-state index contributed by atoms with van der Waals surface area (Å²) < 4.78 is 5.11. The van der Waals surface area contributed by atoms with Crippen molar-refractivity contribution in [3.8, 4) is 16.9 Å². The van der Waals surface area contributed by atoms with E-state index in [2.05, 4.69) is 34.1 Å². The normalized spacial score (nSPS) is 9.79. The summed E-state index contributed by atoms with van der Waals surface area (Å²) in [4.78, 5) is 160. The molecule has 0 saturated carbocycles. The van der Waals surface area contributed by atoms with Gasteiger partial charge in [-0.2, -0.15) is 0 Å². The molecule has 1 aliphatic carbocycles. The summed E-state index contributed by atoms with van der Waals surface area (Å²) in [5.41, 5.74) is 14.7. The molecule has 0 spiro atoms. The maximum absolute atomic E-state index is 10.9. The summed E-state index contributed by atoms with van der Waals surface area (Å²) in [7, 11) is 9.51. The minimum atomic E-state index is -0.580. The van der Waals surface area contributed by atoms with Crippen LogP contribution in [0.25, 0.3) is 43.6 Å². The number of nitrogens with zero attached hydrogens (tertiary/aromatic N) is 5. The van der Waals surface area contributed by atoms with E-state index in [1.165, 1.54) is 89.0 Å². The number of methoxy groups -OCH3 is 1. The fourth-order valence-corrected chi connectivity index (χ4v) is 11.2. The molecular weight excluding hydrogens is 1520 g/mol. The lowest BCUT2D eigenvalue weighted by Gasteiger charge is -2.16. The predicted molar refractivity (Wildman–Crippen MR) is 459 cm³/mol. The van der Waals surface area contributed by atoms with Gasteiger partial charge < -0.3 is 19.5 Å². The van der Waals surface area contributed by atoms with Gasteiger partial charge in [0.15, 0.2) is 37.7 Å². The number of ether oxygens (including phenoxy) is 1. The fourth-order valence-electron chi connectivity index (χ4n) is 11.2. The van der Waals surface area contributed by atoms with Crippen molar-refractivity contribution in [3.63, 3.8) is 0 Å². The molecule has 13 aromatic carbocycles. The molecule has 1 aliphatic rings. The summed E-state index contributed by atoms with van der Waals surface area (Å²) >= 11 is 0. The molecule has 119 heavy (non-hydrogen) atoms. The Morgan fingerprint density at radius 2 is 0.782 bits per heavy atom. The van der Waals surface area contributed by atoms with Crippen molar-refractivity contribution in [2.24, 2.45) is 0 Å². The fraction of sp³-hybridized carbons (Fsp3) is 0.0638. The number of nitro groups is 3. The van der Waals surface area contributed by atoms with Crippen molar-refractivity contribution in [3.05, 3.63) is 400 Å². The van der Waals surface area contributed by atoms with Crippen LogP contribution in [0.5, 0.6) is 5.75 Å². The van der Waals surface area contributed by atoms with E-state index in [0.29, 0.717) is 76.1 Å². The van der Waals surface area contributed by atoms with Crippen molar-refractivity contribution in [1.29, 1.82) is 0 Å². The van der Waals surface area contributed by atoms with Crippen LogP contribution in [0, 0.1) is 30.3 Å². The number of benzene rings is 13. The van der Waals surface area contributed by atoms with Crippen molar-refractivity contribution in [2.75, 3.05) is 45.1 Å². The molecule has 598 valence electrons. The number of hydrogen-bond acceptors (Lipinski definition) is 21. The number of aromatic amines is 1. The van der Waals surface area contributed by atoms with Crippen molar-refractivity contribution >= 4 is 136 Å². The smallest absolute Gasteiger partial charge is 0.279 e. The van der Waals surface area contributed by atoms with Gasteiger partial charge in [0.1, 0.15) is 43.5 Å². The number of rotatable bonds is 18. The molecule has 0 bridgehead atoms. The number of aromatic nitrogens is 1. The van der Waals surface area contributed by atoms with Crippen LogP contribution in [-0.4, -0.2) is 130 Å². The Bertz CT molecular complexity index is 5810. The molecule has 0 unspecified atom stereocenters. The number of nitro benzene ring substituents is 3. The highest BCUT2D eigenvalue weighted by molar-refractivity contribution is 6.04. The molecule has 15 rings (SSSR count). The second-order valence-electron chi connectivity index (χ2n) is 25.3. The summed E-state index contributed by atoms with van der Waals surface area (Å²) in [6.07, 6.45) is 11.5. The highest BCUT2D eigenvalue weighted by Crippen LogP contribution is 2.37. The van der Waals surface area contributed by atoms with Gasteiger partial charge >= 0.3 is 0 Å². The van der Waals surface area contributed by atoms with Gasteiger partial charge in [0.05, 0.1) is 33.0 Å². The van der Waals surface area contributed by atoms with Crippen LogP contribution in [0.1, 0.15) is 135 Å². The molecule has 14 aromatic rings. The van der Waals surface area contributed by atoms with Gasteiger partial charge in [-0.1, -0.05) is 182 Å². The highest BCUT2D eigenvalue weighted by Gasteiger charge is 2.18. The maximum Gasteiger partial charge on any atom is 0.279 e. The van der Waals surface area contributed by atoms with Crippen LogP contribution in [0.4, 0.5) is 28.4 Å². The molecule has 0 saturated heterocycles. The second kappa shape index (κ2) is 48.5. The number of carbonyl (C=O) groups is 12. The number of nitrogens with one attached hydrogen (secondary N) is 1. The largest absolute Gasteiger partial charge is 0.496 e. The zero-order chi connectivity index (χ0) is 86.6. The molecule has 0 radical (unpaired) electrons. The lowest BCUT2D eigenvalue weighted by molar-refractivity contribution is -0.385. The number of fused-ring (bicyclic) bond motifs is 6. The average molecular weight is 1600 g/mol. The van der Waals surface area contributed by atoms with E-state index in [0.717, 1.165) is 117 Å². The minimum absolute atomic E-state index is 0.00407. The van der Waals surface area contributed by atoms with Crippen molar-refractivity contribution in [1.82, 2.24) is 4.98 Å². The van der Waals surface area contributed by atoms with Gasteiger partial charge in [0, 0.05) is 148 Å². The Morgan fingerprint density at radius 3 is 1.29 bits per heavy atom. The van der Waals surface area contributed by atoms with Crippen LogP contribution in [-0.2, 0) is 6.42 Å². The van der Waals surface area contributed by atoms with Crippen LogP contribution in [0.3, 0.4) is 0 Å². The van der Waals surface area contributed by atoms with E-state index in [-0.39, 0.29) is 22.6 Å². The zero-order valence-electron chi connectivity index (χ0n) is 64.8. The number of carbonyl (C=O) groups excluding carboxylic acids is 12. The second-order valence-corrected chi connectivity index (χ2v) is 25.3. The quantitative estimate of drug-likeness (QED) is 0.0473. The summed E-state index contributed by atoms with van der Waals surface area (Å²) in [5, 5.41) is 35.6.